The highest BCUT2D eigenvalue weighted by Crippen LogP contribution is 2.06. The van der Waals surface area contributed by atoms with Gasteiger partial charge in [0.05, 0.1) is 13.7 Å². The fourth-order valence-corrected chi connectivity index (χ4v) is 1.45. The van der Waals surface area contributed by atoms with Crippen LogP contribution in [0.3, 0.4) is 0 Å². The Hall–Kier alpha value is -1.40. The molecule has 6 nitrogen and oxygen atoms in total. The molecule has 0 spiro atoms. The van der Waals surface area contributed by atoms with Crippen molar-refractivity contribution in [3.8, 4) is 0 Å². The van der Waals surface area contributed by atoms with Gasteiger partial charge in [-0.05, 0) is 19.3 Å². The number of hydrogen-bond donors (Lipinski definition) is 2. The Kier molecular flexibility index (Phi) is 11.7. The zero-order valence-corrected chi connectivity index (χ0v) is 11.9. The van der Waals surface area contributed by atoms with E-state index >= 15 is 0 Å². The fraction of sp³-hybridized carbons (Fsp3) is 0.714. The third kappa shape index (κ3) is 11.7. The summed E-state index contributed by atoms with van der Waals surface area (Å²) < 4.78 is 9.23. The van der Waals surface area contributed by atoms with Crippen LogP contribution in [0.15, 0.2) is 12.2 Å². The van der Waals surface area contributed by atoms with Crippen LogP contribution in [0.25, 0.3) is 0 Å². The first kappa shape index (κ1) is 18.6. The lowest BCUT2D eigenvalue weighted by atomic mass is 10.1. The van der Waals surface area contributed by atoms with Crippen molar-refractivity contribution in [3.05, 3.63) is 12.2 Å². The molecule has 0 aliphatic carbocycles. The summed E-state index contributed by atoms with van der Waals surface area (Å²) in [6.07, 6.45) is 6.91. The van der Waals surface area contributed by atoms with Gasteiger partial charge < -0.3 is 19.7 Å². The van der Waals surface area contributed by atoms with E-state index in [1.807, 2.05) is 0 Å². The highest BCUT2D eigenvalue weighted by molar-refractivity contribution is 5.81. The summed E-state index contributed by atoms with van der Waals surface area (Å²) in [6, 6.07) is 0. The normalized spacial score (nSPS) is 12.3. The Morgan fingerprint density at radius 3 is 2.55 bits per heavy atom. The van der Waals surface area contributed by atoms with Crippen LogP contribution >= 0.6 is 0 Å². The molecule has 0 aliphatic rings. The first-order valence-corrected chi connectivity index (χ1v) is 6.79. The van der Waals surface area contributed by atoms with Crippen LogP contribution in [-0.2, 0) is 19.1 Å². The van der Waals surface area contributed by atoms with Crippen LogP contribution in [0.4, 0.5) is 0 Å². The Morgan fingerprint density at radius 2 is 1.90 bits per heavy atom. The minimum absolute atomic E-state index is 0.183. The van der Waals surface area contributed by atoms with Gasteiger partial charge in [0, 0.05) is 12.5 Å². The molecule has 116 valence electrons. The number of allylic oxidation sites excluding steroid dienone is 1. The van der Waals surface area contributed by atoms with E-state index in [1.165, 1.54) is 13.2 Å². The van der Waals surface area contributed by atoms with E-state index in [1.54, 1.807) is 6.08 Å². The van der Waals surface area contributed by atoms with Gasteiger partial charge in [-0.3, -0.25) is 4.79 Å². The van der Waals surface area contributed by atoms with Gasteiger partial charge in [0.15, 0.2) is 0 Å². The predicted molar refractivity (Wildman–Crippen MR) is 72.9 cm³/mol. The first-order valence-electron chi connectivity index (χ1n) is 6.79. The van der Waals surface area contributed by atoms with Gasteiger partial charge in [0.25, 0.3) is 0 Å². The molecular weight excluding hydrogens is 264 g/mol. The van der Waals surface area contributed by atoms with Gasteiger partial charge in [0.1, 0.15) is 12.7 Å². The Bertz CT molecular complexity index is 300. The van der Waals surface area contributed by atoms with Crippen molar-refractivity contribution in [3.63, 3.8) is 0 Å². The van der Waals surface area contributed by atoms with Crippen molar-refractivity contribution >= 4 is 11.9 Å². The van der Waals surface area contributed by atoms with Crippen LogP contribution < -0.4 is 0 Å². The second-order valence-corrected chi connectivity index (χ2v) is 4.40. The molecule has 0 saturated carbocycles. The summed E-state index contributed by atoms with van der Waals surface area (Å²) in [5.41, 5.74) is 0. The summed E-state index contributed by atoms with van der Waals surface area (Å²) in [5, 5.41) is 17.5. The second-order valence-electron chi connectivity index (χ2n) is 4.40. The molecule has 0 aromatic heterocycles. The van der Waals surface area contributed by atoms with Gasteiger partial charge in [-0.2, -0.15) is 0 Å². The number of unbranched alkanes of at least 4 members (excludes halogenated alkanes) is 4. The van der Waals surface area contributed by atoms with E-state index in [2.05, 4.69) is 4.74 Å². The number of hydrogen-bond acceptors (Lipinski definition) is 6. The molecule has 0 aliphatic heterocycles. The van der Waals surface area contributed by atoms with E-state index in [9.17, 15) is 9.59 Å². The standard InChI is InChI=1S/C14H24O6/c1-19-13(17)8-6-4-2-3-5-7-9-14(18)20-11-12(16)10-15/h7,9,12,15-16H,2-6,8,10-11H2,1H3/b9-7+/t12-/m1/s1. The molecule has 0 aromatic rings. The van der Waals surface area contributed by atoms with Gasteiger partial charge in [-0.1, -0.05) is 18.9 Å². The lowest BCUT2D eigenvalue weighted by Gasteiger charge is -2.05. The van der Waals surface area contributed by atoms with E-state index in [4.69, 9.17) is 14.9 Å². The molecule has 0 aromatic carbocycles. The maximum atomic E-state index is 11.2. The monoisotopic (exact) mass is 288 g/mol. The molecule has 0 unspecified atom stereocenters. The van der Waals surface area contributed by atoms with Crippen molar-refractivity contribution in [1.29, 1.82) is 0 Å². The summed E-state index contributed by atoms with van der Waals surface area (Å²) in [5.74, 6) is -0.708. The average molecular weight is 288 g/mol. The zero-order chi connectivity index (χ0) is 15.2. The highest BCUT2D eigenvalue weighted by atomic mass is 16.5. The molecule has 0 bridgehead atoms. The van der Waals surface area contributed by atoms with Crippen molar-refractivity contribution in [2.45, 2.75) is 44.6 Å². The molecule has 0 amide bonds. The Balaban J connectivity index is 3.43. The second kappa shape index (κ2) is 12.6. The number of aliphatic hydroxyl groups excluding tert-OH is 2. The number of carbonyl (C=O) groups is 2. The highest BCUT2D eigenvalue weighted by Gasteiger charge is 2.04. The maximum Gasteiger partial charge on any atom is 0.330 e. The molecular formula is C14H24O6. The van der Waals surface area contributed by atoms with Gasteiger partial charge >= 0.3 is 11.9 Å². The SMILES string of the molecule is COC(=O)CCCCCC/C=C/C(=O)OC[C@H](O)CO. The van der Waals surface area contributed by atoms with Crippen molar-refractivity contribution in [1.82, 2.24) is 0 Å². The largest absolute Gasteiger partial charge is 0.469 e. The van der Waals surface area contributed by atoms with Gasteiger partial charge in [-0.25, -0.2) is 4.79 Å². The molecule has 1 atom stereocenters. The van der Waals surface area contributed by atoms with E-state index < -0.39 is 18.7 Å². The molecule has 2 N–H and O–H groups in total. The van der Waals surface area contributed by atoms with E-state index in [0.717, 1.165) is 32.1 Å². The van der Waals surface area contributed by atoms with Gasteiger partial charge in [-0.15, -0.1) is 0 Å². The molecule has 0 rings (SSSR count). The van der Waals surface area contributed by atoms with Crippen LogP contribution in [0.2, 0.25) is 0 Å². The number of carbonyl (C=O) groups excluding carboxylic acids is 2. The van der Waals surface area contributed by atoms with Crippen LogP contribution in [-0.4, -0.2) is 48.6 Å². The number of methoxy groups -OCH3 is 1. The molecule has 0 fully saturated rings. The summed E-state index contributed by atoms with van der Waals surface area (Å²) in [6.45, 7) is -0.629. The van der Waals surface area contributed by atoms with Crippen molar-refractivity contribution in [2.75, 3.05) is 20.3 Å². The number of ether oxygens (including phenoxy) is 2. The van der Waals surface area contributed by atoms with Crippen LogP contribution in [0.1, 0.15) is 38.5 Å². The lowest BCUT2D eigenvalue weighted by molar-refractivity contribution is -0.142. The van der Waals surface area contributed by atoms with Crippen LogP contribution in [0.5, 0.6) is 0 Å². The zero-order valence-electron chi connectivity index (χ0n) is 11.9. The van der Waals surface area contributed by atoms with Crippen molar-refractivity contribution in [2.24, 2.45) is 0 Å². The maximum absolute atomic E-state index is 11.2. The third-order valence-electron chi connectivity index (χ3n) is 2.61. The smallest absolute Gasteiger partial charge is 0.330 e. The molecule has 6 heteroatoms. The number of esters is 2. The Morgan fingerprint density at radius 1 is 1.20 bits per heavy atom. The third-order valence-corrected chi connectivity index (χ3v) is 2.61. The lowest BCUT2D eigenvalue weighted by Crippen LogP contribution is -2.21. The molecule has 20 heavy (non-hydrogen) atoms. The molecule has 0 radical (unpaired) electrons. The summed E-state index contributed by atoms with van der Waals surface area (Å²) in [7, 11) is 1.38. The number of rotatable bonds is 11. The summed E-state index contributed by atoms with van der Waals surface area (Å²) >= 11 is 0. The fourth-order valence-electron chi connectivity index (χ4n) is 1.45. The summed E-state index contributed by atoms with van der Waals surface area (Å²) in [4.78, 5) is 22.0. The molecule has 0 heterocycles. The van der Waals surface area contributed by atoms with E-state index in [-0.39, 0.29) is 12.6 Å². The van der Waals surface area contributed by atoms with Crippen molar-refractivity contribution < 1.29 is 29.3 Å². The quantitative estimate of drug-likeness (QED) is 0.334. The van der Waals surface area contributed by atoms with Gasteiger partial charge in [0.2, 0.25) is 0 Å². The average Bonchev–Trinajstić information content (AvgIpc) is 2.46. The molecule has 0 saturated heterocycles. The van der Waals surface area contributed by atoms with Crippen LogP contribution in [0, 0.1) is 0 Å². The topological polar surface area (TPSA) is 93.1 Å². The predicted octanol–water partition coefficient (Wildman–Crippen LogP) is 0.953. The Labute approximate surface area is 119 Å². The minimum Gasteiger partial charge on any atom is -0.469 e. The minimum atomic E-state index is -1.03. The first-order chi connectivity index (χ1) is 9.60. The number of aliphatic hydroxyl groups is 2. The van der Waals surface area contributed by atoms with E-state index in [0.29, 0.717) is 6.42 Å².